The van der Waals surface area contributed by atoms with Gasteiger partial charge in [0.2, 0.25) is 5.91 Å². The second kappa shape index (κ2) is 6.22. The summed E-state index contributed by atoms with van der Waals surface area (Å²) in [6, 6.07) is 0.202. The van der Waals surface area contributed by atoms with Crippen molar-refractivity contribution in [2.45, 2.75) is 39.4 Å². The molecular formula is C10H19N5O. The van der Waals surface area contributed by atoms with Crippen LogP contribution in [-0.4, -0.2) is 34.0 Å². The third kappa shape index (κ3) is 3.98. The van der Waals surface area contributed by atoms with Crippen LogP contribution in [0.15, 0.2) is 6.20 Å². The Hall–Kier alpha value is -1.43. The molecule has 1 unspecified atom stereocenters. The fraction of sp³-hybridized carbons (Fsp3) is 0.700. The maximum absolute atomic E-state index is 11.5. The van der Waals surface area contributed by atoms with Crippen molar-refractivity contribution >= 4 is 5.91 Å². The van der Waals surface area contributed by atoms with Crippen molar-refractivity contribution < 1.29 is 4.79 Å². The fourth-order valence-electron chi connectivity index (χ4n) is 1.25. The lowest BCUT2D eigenvalue weighted by Crippen LogP contribution is -2.34. The SMILES string of the molecule is CCC(C)NC(=O)Cn1cc(CNC)nn1. The highest BCUT2D eigenvalue weighted by atomic mass is 16.2. The molecule has 0 fully saturated rings. The zero-order valence-corrected chi connectivity index (χ0v) is 10.0. The lowest BCUT2D eigenvalue weighted by atomic mass is 10.2. The van der Waals surface area contributed by atoms with Gasteiger partial charge < -0.3 is 10.6 Å². The van der Waals surface area contributed by atoms with Gasteiger partial charge in [-0.05, 0) is 20.4 Å². The van der Waals surface area contributed by atoms with E-state index in [1.165, 1.54) is 0 Å². The van der Waals surface area contributed by atoms with E-state index in [1.54, 1.807) is 10.9 Å². The number of aromatic nitrogens is 3. The molecule has 0 spiro atoms. The molecule has 1 atom stereocenters. The molecule has 1 amide bonds. The van der Waals surface area contributed by atoms with Gasteiger partial charge in [-0.1, -0.05) is 12.1 Å². The van der Waals surface area contributed by atoms with Crippen LogP contribution in [0.5, 0.6) is 0 Å². The van der Waals surface area contributed by atoms with E-state index in [-0.39, 0.29) is 18.5 Å². The number of amides is 1. The van der Waals surface area contributed by atoms with Crippen LogP contribution in [0.3, 0.4) is 0 Å². The van der Waals surface area contributed by atoms with Crippen molar-refractivity contribution in [1.82, 2.24) is 25.6 Å². The summed E-state index contributed by atoms with van der Waals surface area (Å²) in [6.07, 6.45) is 2.70. The number of hydrogen-bond donors (Lipinski definition) is 2. The number of carbonyl (C=O) groups excluding carboxylic acids is 1. The van der Waals surface area contributed by atoms with E-state index in [0.29, 0.717) is 6.54 Å². The van der Waals surface area contributed by atoms with Crippen molar-refractivity contribution in [3.8, 4) is 0 Å². The highest BCUT2D eigenvalue weighted by Gasteiger charge is 2.07. The molecule has 0 aliphatic heterocycles. The van der Waals surface area contributed by atoms with Crippen molar-refractivity contribution in [3.05, 3.63) is 11.9 Å². The molecule has 90 valence electrons. The molecule has 1 aromatic heterocycles. The van der Waals surface area contributed by atoms with E-state index in [0.717, 1.165) is 12.1 Å². The molecule has 16 heavy (non-hydrogen) atoms. The molecule has 0 aliphatic carbocycles. The fourth-order valence-corrected chi connectivity index (χ4v) is 1.25. The average Bonchev–Trinajstić information content (AvgIpc) is 2.65. The lowest BCUT2D eigenvalue weighted by Gasteiger charge is -2.10. The molecule has 0 saturated heterocycles. The Labute approximate surface area is 95.4 Å². The predicted molar refractivity (Wildman–Crippen MR) is 60.7 cm³/mol. The topological polar surface area (TPSA) is 71.8 Å². The van der Waals surface area contributed by atoms with Crippen LogP contribution in [0, 0.1) is 0 Å². The first-order valence-electron chi connectivity index (χ1n) is 5.48. The Bertz CT molecular complexity index is 336. The standard InChI is InChI=1S/C10H19N5O/c1-4-8(2)12-10(16)7-15-6-9(5-11-3)13-14-15/h6,8,11H,4-5,7H2,1-3H3,(H,12,16). The second-order valence-corrected chi connectivity index (χ2v) is 3.81. The summed E-state index contributed by atoms with van der Waals surface area (Å²) in [7, 11) is 1.84. The molecule has 0 aromatic carbocycles. The van der Waals surface area contributed by atoms with Crippen molar-refractivity contribution in [1.29, 1.82) is 0 Å². The molecule has 2 N–H and O–H groups in total. The summed E-state index contributed by atoms with van der Waals surface area (Å²) < 4.78 is 1.55. The van der Waals surface area contributed by atoms with E-state index < -0.39 is 0 Å². The minimum absolute atomic E-state index is 0.0322. The van der Waals surface area contributed by atoms with Gasteiger partial charge >= 0.3 is 0 Å². The first-order chi connectivity index (χ1) is 7.65. The van der Waals surface area contributed by atoms with Crippen molar-refractivity contribution in [2.24, 2.45) is 0 Å². The van der Waals surface area contributed by atoms with E-state index in [9.17, 15) is 4.79 Å². The number of nitrogens with zero attached hydrogens (tertiary/aromatic N) is 3. The van der Waals surface area contributed by atoms with E-state index in [4.69, 9.17) is 0 Å². The number of carbonyl (C=O) groups is 1. The molecule has 6 heteroatoms. The Balaban J connectivity index is 2.43. The van der Waals surface area contributed by atoms with Crippen LogP contribution in [0.4, 0.5) is 0 Å². The maximum Gasteiger partial charge on any atom is 0.242 e. The smallest absolute Gasteiger partial charge is 0.242 e. The Morgan fingerprint density at radius 2 is 2.38 bits per heavy atom. The largest absolute Gasteiger partial charge is 0.352 e. The molecule has 1 aromatic rings. The first-order valence-corrected chi connectivity index (χ1v) is 5.48. The van der Waals surface area contributed by atoms with Gasteiger partial charge in [-0.3, -0.25) is 4.79 Å². The Kier molecular flexibility index (Phi) is 4.91. The zero-order chi connectivity index (χ0) is 12.0. The van der Waals surface area contributed by atoms with Gasteiger partial charge in [0.25, 0.3) is 0 Å². The molecule has 1 rings (SSSR count). The van der Waals surface area contributed by atoms with Crippen LogP contribution >= 0.6 is 0 Å². The van der Waals surface area contributed by atoms with E-state index >= 15 is 0 Å². The number of hydrogen-bond acceptors (Lipinski definition) is 4. The highest BCUT2D eigenvalue weighted by molar-refractivity contribution is 5.75. The Morgan fingerprint density at radius 1 is 1.62 bits per heavy atom. The molecular weight excluding hydrogens is 206 g/mol. The summed E-state index contributed by atoms with van der Waals surface area (Å²) in [5.74, 6) is -0.0322. The third-order valence-corrected chi connectivity index (χ3v) is 2.27. The quantitative estimate of drug-likeness (QED) is 0.710. The van der Waals surface area contributed by atoms with E-state index in [2.05, 4.69) is 20.9 Å². The Morgan fingerprint density at radius 3 is 3.00 bits per heavy atom. The van der Waals surface area contributed by atoms with Crippen LogP contribution in [0.25, 0.3) is 0 Å². The van der Waals surface area contributed by atoms with Crippen molar-refractivity contribution in [3.63, 3.8) is 0 Å². The van der Waals surface area contributed by atoms with Crippen LogP contribution in [-0.2, 0) is 17.9 Å². The summed E-state index contributed by atoms with van der Waals surface area (Å²) in [5.41, 5.74) is 0.832. The van der Waals surface area contributed by atoms with Gasteiger partial charge in [0.15, 0.2) is 0 Å². The molecule has 1 heterocycles. The molecule has 0 saturated carbocycles. The minimum atomic E-state index is -0.0322. The van der Waals surface area contributed by atoms with Gasteiger partial charge in [0.05, 0.1) is 11.9 Å². The van der Waals surface area contributed by atoms with Gasteiger partial charge in [0.1, 0.15) is 6.54 Å². The number of nitrogens with one attached hydrogen (secondary N) is 2. The molecule has 0 aliphatic rings. The normalized spacial score (nSPS) is 12.4. The van der Waals surface area contributed by atoms with Crippen LogP contribution in [0.1, 0.15) is 26.0 Å². The summed E-state index contributed by atoms with van der Waals surface area (Å²) >= 11 is 0. The summed E-state index contributed by atoms with van der Waals surface area (Å²) in [5, 5.41) is 13.7. The minimum Gasteiger partial charge on any atom is -0.352 e. The van der Waals surface area contributed by atoms with Gasteiger partial charge in [0, 0.05) is 12.6 Å². The van der Waals surface area contributed by atoms with E-state index in [1.807, 2.05) is 20.9 Å². The molecule has 0 radical (unpaired) electrons. The summed E-state index contributed by atoms with van der Waals surface area (Å²) in [4.78, 5) is 11.5. The van der Waals surface area contributed by atoms with Crippen LogP contribution < -0.4 is 10.6 Å². The van der Waals surface area contributed by atoms with Gasteiger partial charge in [-0.25, -0.2) is 4.68 Å². The highest BCUT2D eigenvalue weighted by Crippen LogP contribution is 1.93. The second-order valence-electron chi connectivity index (χ2n) is 3.81. The third-order valence-electron chi connectivity index (χ3n) is 2.27. The monoisotopic (exact) mass is 225 g/mol. The van der Waals surface area contributed by atoms with Gasteiger partial charge in [-0.15, -0.1) is 5.10 Å². The average molecular weight is 225 g/mol. The van der Waals surface area contributed by atoms with Crippen LogP contribution in [0.2, 0.25) is 0 Å². The molecule has 0 bridgehead atoms. The number of rotatable bonds is 6. The van der Waals surface area contributed by atoms with Crippen molar-refractivity contribution in [2.75, 3.05) is 7.05 Å². The zero-order valence-electron chi connectivity index (χ0n) is 10.0. The first kappa shape index (κ1) is 12.6. The lowest BCUT2D eigenvalue weighted by molar-refractivity contribution is -0.122. The van der Waals surface area contributed by atoms with Gasteiger partial charge in [-0.2, -0.15) is 0 Å². The summed E-state index contributed by atoms with van der Waals surface area (Å²) in [6.45, 7) is 4.89. The predicted octanol–water partition coefficient (Wildman–Crippen LogP) is -0.0878. The maximum atomic E-state index is 11.5. The molecule has 6 nitrogen and oxygen atoms in total.